The van der Waals surface area contributed by atoms with Crippen LogP contribution >= 0.6 is 0 Å². The Balaban J connectivity index is 2.23. The van der Waals surface area contributed by atoms with Crippen LogP contribution in [0.4, 0.5) is 10.1 Å². The van der Waals surface area contributed by atoms with E-state index in [2.05, 4.69) is 5.32 Å². The van der Waals surface area contributed by atoms with Crippen molar-refractivity contribution in [3.63, 3.8) is 0 Å². The Kier molecular flexibility index (Phi) is 3.81. The Bertz CT molecular complexity index is 717. The molecule has 0 saturated carbocycles. The molecule has 4 heteroatoms. The lowest BCUT2D eigenvalue weighted by Gasteiger charge is -2.08. The molecule has 0 radical (unpaired) electrons. The molecule has 2 rings (SSSR count). The topological polar surface area (TPSA) is 52.9 Å². The van der Waals surface area contributed by atoms with Crippen molar-refractivity contribution in [2.24, 2.45) is 0 Å². The molecule has 0 heterocycles. The van der Waals surface area contributed by atoms with Gasteiger partial charge < -0.3 is 5.32 Å². The van der Waals surface area contributed by atoms with Crippen molar-refractivity contribution < 1.29 is 9.18 Å². The molecule has 0 unspecified atom stereocenters. The fourth-order valence-corrected chi connectivity index (χ4v) is 1.76. The van der Waals surface area contributed by atoms with Crippen LogP contribution in [0.25, 0.3) is 0 Å². The van der Waals surface area contributed by atoms with Gasteiger partial charge >= 0.3 is 0 Å². The molecule has 20 heavy (non-hydrogen) atoms. The first-order valence-electron chi connectivity index (χ1n) is 6.09. The molecule has 0 aliphatic rings. The molecule has 0 bridgehead atoms. The van der Waals surface area contributed by atoms with Crippen molar-refractivity contribution in [3.8, 4) is 6.07 Å². The number of nitrogens with zero attached hydrogens (tertiary/aromatic N) is 1. The third-order valence-electron chi connectivity index (χ3n) is 3.12. The van der Waals surface area contributed by atoms with Crippen molar-refractivity contribution in [1.29, 1.82) is 5.26 Å². The molecule has 1 N–H and O–H groups in total. The van der Waals surface area contributed by atoms with E-state index in [4.69, 9.17) is 5.26 Å². The lowest BCUT2D eigenvalue weighted by Crippen LogP contribution is -2.13. The van der Waals surface area contributed by atoms with E-state index in [1.165, 1.54) is 12.1 Å². The predicted molar refractivity (Wildman–Crippen MR) is 75.0 cm³/mol. The summed E-state index contributed by atoms with van der Waals surface area (Å²) in [5.41, 5.74) is 2.83. The van der Waals surface area contributed by atoms with Gasteiger partial charge in [0.05, 0.1) is 17.3 Å². The van der Waals surface area contributed by atoms with Gasteiger partial charge in [-0.05, 0) is 55.3 Å². The number of amides is 1. The summed E-state index contributed by atoms with van der Waals surface area (Å²) in [4.78, 5) is 12.0. The van der Waals surface area contributed by atoms with E-state index in [1.807, 2.05) is 26.0 Å². The molecule has 0 saturated heterocycles. The van der Waals surface area contributed by atoms with E-state index in [1.54, 1.807) is 12.1 Å². The number of rotatable bonds is 2. The van der Waals surface area contributed by atoms with Gasteiger partial charge in [0.15, 0.2) is 0 Å². The minimum atomic E-state index is -0.624. The highest BCUT2D eigenvalue weighted by molar-refractivity contribution is 6.04. The van der Waals surface area contributed by atoms with E-state index < -0.39 is 5.82 Å². The van der Waals surface area contributed by atoms with Crippen molar-refractivity contribution in [3.05, 3.63) is 64.5 Å². The van der Waals surface area contributed by atoms with Crippen LogP contribution in [0, 0.1) is 31.0 Å². The summed E-state index contributed by atoms with van der Waals surface area (Å²) >= 11 is 0. The van der Waals surface area contributed by atoms with Crippen LogP contribution in [-0.2, 0) is 0 Å². The zero-order valence-electron chi connectivity index (χ0n) is 11.2. The fourth-order valence-electron chi connectivity index (χ4n) is 1.76. The minimum Gasteiger partial charge on any atom is -0.319 e. The van der Waals surface area contributed by atoms with Crippen molar-refractivity contribution in [2.45, 2.75) is 13.8 Å². The highest BCUT2D eigenvalue weighted by Crippen LogP contribution is 2.17. The van der Waals surface area contributed by atoms with Crippen molar-refractivity contribution in [2.75, 3.05) is 5.32 Å². The normalized spacial score (nSPS) is 9.90. The van der Waals surface area contributed by atoms with Crippen LogP contribution in [0.3, 0.4) is 0 Å². The number of carbonyl (C=O) groups excluding carboxylic acids is 1. The summed E-state index contributed by atoms with van der Waals surface area (Å²) in [6, 6.07) is 11.1. The third-order valence-corrected chi connectivity index (χ3v) is 3.12. The van der Waals surface area contributed by atoms with E-state index in [-0.39, 0.29) is 17.2 Å². The van der Waals surface area contributed by atoms with Gasteiger partial charge in [0, 0.05) is 5.56 Å². The van der Waals surface area contributed by atoms with Crippen molar-refractivity contribution >= 4 is 11.6 Å². The number of anilines is 1. The van der Waals surface area contributed by atoms with Gasteiger partial charge in [0.1, 0.15) is 5.82 Å². The lowest BCUT2D eigenvalue weighted by molar-refractivity contribution is 0.102. The molecule has 0 aliphatic carbocycles. The number of halogens is 1. The van der Waals surface area contributed by atoms with E-state index >= 15 is 0 Å². The molecule has 2 aromatic carbocycles. The molecule has 1 amide bonds. The lowest BCUT2D eigenvalue weighted by atomic mass is 10.1. The average Bonchev–Trinajstić information content (AvgIpc) is 2.43. The standard InChI is InChI=1S/C16H13FN2O/c1-10-3-5-13(7-11(10)2)16(20)19-15-6-4-12(9-18)8-14(15)17/h3-8H,1-2H3,(H,19,20). The van der Waals surface area contributed by atoms with Gasteiger partial charge in [-0.3, -0.25) is 4.79 Å². The molecule has 2 aromatic rings. The SMILES string of the molecule is Cc1ccc(C(=O)Nc2ccc(C#N)cc2F)cc1C. The third kappa shape index (κ3) is 2.83. The van der Waals surface area contributed by atoms with Gasteiger partial charge in [-0.2, -0.15) is 5.26 Å². The number of nitrogens with one attached hydrogen (secondary N) is 1. The molecule has 0 spiro atoms. The molecule has 0 aromatic heterocycles. The van der Waals surface area contributed by atoms with Crippen LogP contribution in [0.5, 0.6) is 0 Å². The summed E-state index contributed by atoms with van der Waals surface area (Å²) in [6.45, 7) is 3.87. The zero-order valence-corrected chi connectivity index (χ0v) is 11.2. The molecule has 3 nitrogen and oxygen atoms in total. The van der Waals surface area contributed by atoms with Gasteiger partial charge in [-0.15, -0.1) is 0 Å². The van der Waals surface area contributed by atoms with Gasteiger partial charge in [0.2, 0.25) is 0 Å². The van der Waals surface area contributed by atoms with Crippen LogP contribution in [0.2, 0.25) is 0 Å². The van der Waals surface area contributed by atoms with E-state index in [0.29, 0.717) is 5.56 Å². The van der Waals surface area contributed by atoms with Crippen LogP contribution in [0.15, 0.2) is 36.4 Å². The van der Waals surface area contributed by atoms with Gasteiger partial charge in [-0.25, -0.2) is 4.39 Å². The second-order valence-corrected chi connectivity index (χ2v) is 4.56. The molecule has 0 fully saturated rings. The Morgan fingerprint density at radius 1 is 1.15 bits per heavy atom. The minimum absolute atomic E-state index is 0.0622. The first-order chi connectivity index (χ1) is 9.51. The fraction of sp³-hybridized carbons (Fsp3) is 0.125. The molecular formula is C16H13FN2O. The number of hydrogen-bond acceptors (Lipinski definition) is 2. The number of hydrogen-bond donors (Lipinski definition) is 1. The van der Waals surface area contributed by atoms with Crippen molar-refractivity contribution in [1.82, 2.24) is 0 Å². The molecule has 100 valence electrons. The largest absolute Gasteiger partial charge is 0.319 e. The Hall–Kier alpha value is -2.67. The monoisotopic (exact) mass is 268 g/mol. The Morgan fingerprint density at radius 2 is 1.90 bits per heavy atom. The van der Waals surface area contributed by atoms with E-state index in [9.17, 15) is 9.18 Å². The smallest absolute Gasteiger partial charge is 0.255 e. The summed E-state index contributed by atoms with van der Waals surface area (Å²) < 4.78 is 13.7. The maximum Gasteiger partial charge on any atom is 0.255 e. The summed E-state index contributed by atoms with van der Waals surface area (Å²) in [6.07, 6.45) is 0. The molecule has 0 aliphatic heterocycles. The molecule has 0 atom stereocenters. The predicted octanol–water partition coefficient (Wildman–Crippen LogP) is 3.57. The van der Waals surface area contributed by atoms with Crippen LogP contribution in [0.1, 0.15) is 27.0 Å². The number of nitriles is 1. The zero-order chi connectivity index (χ0) is 14.7. The van der Waals surface area contributed by atoms with Crippen LogP contribution in [-0.4, -0.2) is 5.91 Å². The Morgan fingerprint density at radius 3 is 2.50 bits per heavy atom. The number of benzene rings is 2. The van der Waals surface area contributed by atoms with Crippen LogP contribution < -0.4 is 5.32 Å². The maximum atomic E-state index is 13.7. The maximum absolute atomic E-state index is 13.7. The van der Waals surface area contributed by atoms with E-state index in [0.717, 1.165) is 17.2 Å². The quantitative estimate of drug-likeness (QED) is 0.905. The average molecular weight is 268 g/mol. The second-order valence-electron chi connectivity index (χ2n) is 4.56. The van der Waals surface area contributed by atoms with Gasteiger partial charge in [0.25, 0.3) is 5.91 Å². The molecular weight excluding hydrogens is 255 g/mol. The van der Waals surface area contributed by atoms with Gasteiger partial charge in [-0.1, -0.05) is 6.07 Å². The second kappa shape index (κ2) is 5.54. The summed E-state index contributed by atoms with van der Waals surface area (Å²) in [5.74, 6) is -1.00. The first-order valence-corrected chi connectivity index (χ1v) is 6.09. The summed E-state index contributed by atoms with van der Waals surface area (Å²) in [7, 11) is 0. The summed E-state index contributed by atoms with van der Waals surface area (Å²) in [5, 5.41) is 11.2. The highest BCUT2D eigenvalue weighted by atomic mass is 19.1. The number of carbonyl (C=O) groups is 1. The first kappa shape index (κ1) is 13.8. The highest BCUT2D eigenvalue weighted by Gasteiger charge is 2.10. The number of aryl methyl sites for hydroxylation is 2. The Labute approximate surface area is 116 Å².